The van der Waals surface area contributed by atoms with Crippen LogP contribution in [0.4, 0.5) is 0 Å². The molecule has 67 heavy (non-hydrogen) atoms. The number of aryl methyl sites for hydroxylation is 6. The molecule has 0 saturated heterocycles. The third kappa shape index (κ3) is 27.8. The zero-order valence-electron chi connectivity index (χ0n) is 45.8. The normalized spacial score (nSPS) is 11.7. The van der Waals surface area contributed by atoms with Gasteiger partial charge >= 0.3 is 0 Å². The Morgan fingerprint density at radius 3 is 0.507 bits per heavy atom. The SMILES string of the molecule is CCCCCCCCc1cc(CCCCCCCC)cc([S+](c2cc(CCCCCCCC)cc(CCCCCCCC)c2)c2cc(CCCCCCCC)cc(CCCCCCCC)c2)c1. The van der Waals surface area contributed by atoms with Crippen molar-refractivity contribution in [1.82, 2.24) is 0 Å². The van der Waals surface area contributed by atoms with Gasteiger partial charge in [-0.05, 0) is 147 Å². The van der Waals surface area contributed by atoms with Crippen LogP contribution in [-0.2, 0) is 49.4 Å². The lowest BCUT2D eigenvalue weighted by Crippen LogP contribution is -2.10. The van der Waals surface area contributed by atoms with E-state index in [9.17, 15) is 0 Å². The van der Waals surface area contributed by atoms with Crippen LogP contribution in [-0.4, -0.2) is 0 Å². The van der Waals surface area contributed by atoms with Crippen molar-refractivity contribution in [3.05, 3.63) is 88.0 Å². The maximum atomic E-state index is 2.72. The van der Waals surface area contributed by atoms with Gasteiger partial charge in [0.2, 0.25) is 0 Å². The van der Waals surface area contributed by atoms with Crippen LogP contribution in [0.3, 0.4) is 0 Å². The molecule has 380 valence electrons. The Kier molecular flexibility index (Phi) is 36.0. The van der Waals surface area contributed by atoms with Crippen LogP contribution in [0, 0.1) is 0 Å². The van der Waals surface area contributed by atoms with Gasteiger partial charge in [0, 0.05) is 0 Å². The fourth-order valence-corrected chi connectivity index (χ4v) is 12.9. The van der Waals surface area contributed by atoms with Gasteiger partial charge in [0.05, 0.1) is 10.9 Å². The van der Waals surface area contributed by atoms with E-state index in [2.05, 4.69) is 96.1 Å². The van der Waals surface area contributed by atoms with E-state index in [0.717, 1.165) is 0 Å². The number of hydrogen-bond acceptors (Lipinski definition) is 0. The van der Waals surface area contributed by atoms with Crippen LogP contribution in [0.25, 0.3) is 0 Å². The molecule has 0 spiro atoms. The topological polar surface area (TPSA) is 0 Å². The first-order chi connectivity index (χ1) is 33.0. The Morgan fingerprint density at radius 1 is 0.194 bits per heavy atom. The molecule has 0 atom stereocenters. The summed E-state index contributed by atoms with van der Waals surface area (Å²) in [6.45, 7) is 14.1. The molecule has 0 fully saturated rings. The molecule has 0 heterocycles. The van der Waals surface area contributed by atoms with E-state index in [1.165, 1.54) is 270 Å². The van der Waals surface area contributed by atoms with Crippen molar-refractivity contribution in [2.24, 2.45) is 0 Å². The molecule has 0 saturated carbocycles. The molecule has 0 aliphatic carbocycles. The van der Waals surface area contributed by atoms with Crippen molar-refractivity contribution in [3.8, 4) is 0 Å². The average molecular weight is 937 g/mol. The number of rotatable bonds is 45. The summed E-state index contributed by atoms with van der Waals surface area (Å²) in [4.78, 5) is 4.82. The van der Waals surface area contributed by atoms with Gasteiger partial charge in [-0.3, -0.25) is 0 Å². The lowest BCUT2D eigenvalue weighted by Gasteiger charge is -2.16. The quantitative estimate of drug-likeness (QED) is 0.0391. The molecule has 0 N–H and O–H groups in total. The third-order valence-electron chi connectivity index (χ3n) is 14.7. The predicted molar refractivity (Wildman–Crippen MR) is 304 cm³/mol. The molecule has 3 aromatic rings. The number of benzene rings is 3. The maximum absolute atomic E-state index is 2.72. The van der Waals surface area contributed by atoms with Crippen molar-refractivity contribution in [1.29, 1.82) is 0 Å². The second-order valence-corrected chi connectivity index (χ2v) is 23.4. The summed E-state index contributed by atoms with van der Waals surface area (Å²) in [6.07, 6.45) is 56.5. The highest BCUT2D eigenvalue weighted by molar-refractivity contribution is 7.97. The minimum atomic E-state index is -0.146. The van der Waals surface area contributed by atoms with E-state index in [1.807, 2.05) is 0 Å². The van der Waals surface area contributed by atoms with Crippen LogP contribution in [0.15, 0.2) is 69.3 Å². The summed E-state index contributed by atoms with van der Waals surface area (Å²) in [6, 6.07) is 24.3. The summed E-state index contributed by atoms with van der Waals surface area (Å²) < 4.78 is 0. The molecule has 0 aliphatic rings. The van der Waals surface area contributed by atoms with Crippen molar-refractivity contribution in [3.63, 3.8) is 0 Å². The predicted octanol–water partition coefficient (Wildman–Crippen LogP) is 22.2. The number of hydrogen-bond donors (Lipinski definition) is 0. The molecule has 0 amide bonds. The highest BCUT2D eigenvalue weighted by Gasteiger charge is 2.32. The van der Waals surface area contributed by atoms with E-state index >= 15 is 0 Å². The second-order valence-electron chi connectivity index (χ2n) is 21.4. The maximum Gasteiger partial charge on any atom is 0.167 e. The second kappa shape index (κ2) is 40.7. The van der Waals surface area contributed by atoms with E-state index in [1.54, 1.807) is 48.1 Å². The molecule has 3 rings (SSSR count). The van der Waals surface area contributed by atoms with Gasteiger partial charge in [0.15, 0.2) is 14.7 Å². The van der Waals surface area contributed by atoms with Gasteiger partial charge < -0.3 is 0 Å². The largest absolute Gasteiger partial charge is 0.167 e. The molecule has 0 unspecified atom stereocenters. The summed E-state index contributed by atoms with van der Waals surface area (Å²) in [5.74, 6) is 0. The van der Waals surface area contributed by atoms with E-state index in [-0.39, 0.29) is 10.9 Å². The fraction of sp³-hybridized carbons (Fsp3) is 0.727. The molecule has 3 aromatic carbocycles. The third-order valence-corrected chi connectivity index (χ3v) is 16.8. The minimum absolute atomic E-state index is 0.146. The zero-order chi connectivity index (χ0) is 47.8. The highest BCUT2D eigenvalue weighted by Crippen LogP contribution is 2.37. The van der Waals surface area contributed by atoms with Gasteiger partial charge in [0.1, 0.15) is 0 Å². The van der Waals surface area contributed by atoms with Gasteiger partial charge in [0.25, 0.3) is 0 Å². The molecule has 0 aliphatic heterocycles. The van der Waals surface area contributed by atoms with Crippen LogP contribution in [0.1, 0.15) is 306 Å². The first kappa shape index (κ1) is 59.3. The van der Waals surface area contributed by atoms with Crippen LogP contribution in [0.5, 0.6) is 0 Å². The summed E-state index contributed by atoms with van der Waals surface area (Å²) in [5, 5.41) is 0. The van der Waals surface area contributed by atoms with Crippen molar-refractivity contribution in [2.75, 3.05) is 0 Å². The van der Waals surface area contributed by atoms with E-state index in [0.29, 0.717) is 0 Å². The standard InChI is InChI=1S/C66H111S/c1-7-13-19-25-31-37-43-58-49-59(44-38-32-26-20-14-8-2)53-64(52-58)67(65-54-60(45-39-33-27-21-15-9-3)50-61(55-65)46-40-34-28-22-16-10-4)66-56-62(47-41-35-29-23-17-11-5)51-63(57-66)48-42-36-30-24-18-12-6/h49-57H,7-48H2,1-6H3/q+1. The lowest BCUT2D eigenvalue weighted by atomic mass is 9.99. The van der Waals surface area contributed by atoms with Crippen LogP contribution < -0.4 is 0 Å². The summed E-state index contributed by atoms with van der Waals surface area (Å²) in [5.41, 5.74) is 9.65. The van der Waals surface area contributed by atoms with Gasteiger partial charge in [-0.1, -0.05) is 252 Å². The summed E-state index contributed by atoms with van der Waals surface area (Å²) >= 11 is 0. The van der Waals surface area contributed by atoms with Crippen molar-refractivity contribution in [2.45, 2.75) is 326 Å². The van der Waals surface area contributed by atoms with E-state index < -0.39 is 0 Å². The minimum Gasteiger partial charge on any atom is -0.0654 e. The molecular formula is C66H111S+. The summed E-state index contributed by atoms with van der Waals surface area (Å²) in [7, 11) is -0.146. The van der Waals surface area contributed by atoms with Crippen LogP contribution >= 0.6 is 0 Å². The first-order valence-electron chi connectivity index (χ1n) is 30.2. The van der Waals surface area contributed by atoms with Crippen molar-refractivity contribution >= 4 is 10.9 Å². The lowest BCUT2D eigenvalue weighted by molar-refractivity contribution is 0.604. The van der Waals surface area contributed by atoms with E-state index in [4.69, 9.17) is 0 Å². The average Bonchev–Trinajstić information content (AvgIpc) is 3.33. The number of unbranched alkanes of at least 4 members (excludes halogenated alkanes) is 30. The fourth-order valence-electron chi connectivity index (χ4n) is 10.5. The zero-order valence-corrected chi connectivity index (χ0v) is 46.6. The Labute approximate surface area is 422 Å². The highest BCUT2D eigenvalue weighted by atomic mass is 32.2. The smallest absolute Gasteiger partial charge is 0.0654 e. The molecule has 0 nitrogen and oxygen atoms in total. The molecule has 1 heteroatoms. The molecule has 0 radical (unpaired) electrons. The monoisotopic (exact) mass is 936 g/mol. The Balaban J connectivity index is 2.18. The Morgan fingerprint density at radius 2 is 0.343 bits per heavy atom. The molecule has 0 aromatic heterocycles. The Hall–Kier alpha value is -1.99. The first-order valence-corrected chi connectivity index (χ1v) is 31.4. The van der Waals surface area contributed by atoms with Gasteiger partial charge in [-0.15, -0.1) is 0 Å². The van der Waals surface area contributed by atoms with Gasteiger partial charge in [-0.25, -0.2) is 0 Å². The van der Waals surface area contributed by atoms with Crippen LogP contribution in [0.2, 0.25) is 0 Å². The Bertz CT molecular complexity index is 1310. The molecule has 0 bridgehead atoms. The van der Waals surface area contributed by atoms with Crippen molar-refractivity contribution < 1.29 is 0 Å². The van der Waals surface area contributed by atoms with Gasteiger partial charge in [-0.2, -0.15) is 0 Å². The molecular weight excluding hydrogens is 825 g/mol.